The number of nitrogens with two attached hydrogens (primary N) is 1. The monoisotopic (exact) mass is 525 g/mol. The van der Waals surface area contributed by atoms with Gasteiger partial charge in [0.2, 0.25) is 0 Å². The average Bonchev–Trinajstić information content (AvgIpc) is 2.92. The van der Waals surface area contributed by atoms with Gasteiger partial charge in [0.15, 0.2) is 0 Å². The van der Waals surface area contributed by atoms with Crippen LogP contribution in [0.25, 0.3) is 17.2 Å². The molecule has 4 rings (SSSR count). The van der Waals surface area contributed by atoms with Gasteiger partial charge in [-0.3, -0.25) is 5.01 Å². The maximum atomic E-state index is 6.43. The molecule has 0 atom stereocenters. The molecule has 0 radical (unpaired) electrons. The highest BCUT2D eigenvalue weighted by molar-refractivity contribution is 6.31. The summed E-state index contributed by atoms with van der Waals surface area (Å²) in [5.74, 6) is 6.43. The van der Waals surface area contributed by atoms with Gasteiger partial charge in [-0.15, -0.1) is 0 Å². The van der Waals surface area contributed by atoms with Crippen LogP contribution >= 0.6 is 23.2 Å². The average molecular weight is 527 g/mol. The second kappa shape index (κ2) is 11.5. The van der Waals surface area contributed by atoms with Crippen molar-refractivity contribution in [2.75, 3.05) is 17.0 Å². The van der Waals surface area contributed by atoms with Crippen LogP contribution in [0.5, 0.6) is 0 Å². The molecule has 0 heterocycles. The maximum absolute atomic E-state index is 6.43. The van der Waals surface area contributed by atoms with Crippen molar-refractivity contribution in [3.63, 3.8) is 0 Å². The van der Waals surface area contributed by atoms with Gasteiger partial charge in [0.25, 0.3) is 0 Å². The number of hydrogen-bond donors (Lipinski definition) is 1. The van der Waals surface area contributed by atoms with Crippen LogP contribution in [-0.2, 0) is 0 Å². The van der Waals surface area contributed by atoms with Crippen molar-refractivity contribution in [1.82, 2.24) is 0 Å². The Morgan fingerprint density at radius 1 is 0.784 bits per heavy atom. The first kappa shape index (κ1) is 26.3. The minimum Gasteiger partial charge on any atom is -0.345 e. The Labute approximate surface area is 229 Å². The highest BCUT2D eigenvalue weighted by Gasteiger charge is 2.11. The van der Waals surface area contributed by atoms with E-state index in [1.165, 1.54) is 0 Å². The fraction of sp³-hybridized carbons (Fsp3) is 0.0625. The zero-order valence-corrected chi connectivity index (χ0v) is 22.5. The lowest BCUT2D eigenvalue weighted by atomic mass is 9.96. The van der Waals surface area contributed by atoms with Crippen LogP contribution in [0.4, 0.5) is 17.1 Å². The Kier molecular flexibility index (Phi) is 8.20. The highest BCUT2D eigenvalue weighted by atomic mass is 35.5. The second-order valence-electron chi connectivity index (χ2n) is 8.77. The van der Waals surface area contributed by atoms with Crippen molar-refractivity contribution < 1.29 is 0 Å². The smallest absolute Gasteiger partial charge is 0.0640 e. The van der Waals surface area contributed by atoms with Gasteiger partial charge >= 0.3 is 0 Å². The predicted octanol–water partition coefficient (Wildman–Crippen LogP) is 9.21. The van der Waals surface area contributed by atoms with Crippen molar-refractivity contribution in [1.29, 1.82) is 0 Å². The third-order valence-corrected chi connectivity index (χ3v) is 6.79. The van der Waals surface area contributed by atoms with Crippen molar-refractivity contribution >= 4 is 57.5 Å². The molecular formula is C32H29Cl2N3. The molecule has 0 unspecified atom stereocenters. The summed E-state index contributed by atoms with van der Waals surface area (Å²) in [4.78, 5) is 2.11. The molecule has 4 aromatic carbocycles. The second-order valence-corrected chi connectivity index (χ2v) is 9.64. The van der Waals surface area contributed by atoms with E-state index in [4.69, 9.17) is 29.0 Å². The van der Waals surface area contributed by atoms with Gasteiger partial charge in [-0.1, -0.05) is 72.8 Å². The van der Waals surface area contributed by atoms with E-state index in [2.05, 4.69) is 48.4 Å². The number of benzene rings is 4. The Bertz CT molecular complexity index is 1450. The summed E-state index contributed by atoms with van der Waals surface area (Å²) in [7, 11) is 2.03. The molecule has 0 saturated heterocycles. The summed E-state index contributed by atoms with van der Waals surface area (Å²) in [6.45, 7) is 10.4. The highest BCUT2D eigenvalue weighted by Crippen LogP contribution is 2.31. The molecule has 37 heavy (non-hydrogen) atoms. The third kappa shape index (κ3) is 6.15. The number of allylic oxidation sites excluding steroid dienone is 1. The quantitative estimate of drug-likeness (QED) is 0.184. The standard InChI is InChI=1S/C32H29Cl2N3/c1-5-24-19-27(11-18-32(24)37(35)21-22(2)26-7-6-8-29(34)20-26)23(3)25-9-14-30(15-10-25)36(4)31-16-12-28(33)13-17-31/h5-21H,1,3,35H2,2,4H3/b22-21+. The molecule has 3 nitrogen and oxygen atoms in total. The number of hydrogen-bond acceptors (Lipinski definition) is 3. The van der Waals surface area contributed by atoms with Gasteiger partial charge in [-0.2, -0.15) is 0 Å². The lowest BCUT2D eigenvalue weighted by molar-refractivity contribution is 1.07. The van der Waals surface area contributed by atoms with E-state index in [1.807, 2.05) is 80.8 Å². The van der Waals surface area contributed by atoms with Gasteiger partial charge in [-0.25, -0.2) is 5.84 Å². The van der Waals surface area contributed by atoms with E-state index in [9.17, 15) is 0 Å². The topological polar surface area (TPSA) is 32.5 Å². The van der Waals surface area contributed by atoms with Crippen LogP contribution in [0.3, 0.4) is 0 Å². The van der Waals surface area contributed by atoms with Crippen LogP contribution in [0.15, 0.2) is 110 Å². The molecule has 0 aliphatic carbocycles. The Morgan fingerprint density at radius 3 is 2.03 bits per heavy atom. The predicted molar refractivity (Wildman–Crippen MR) is 162 cm³/mol. The van der Waals surface area contributed by atoms with E-state index in [0.717, 1.165) is 55.5 Å². The van der Waals surface area contributed by atoms with E-state index >= 15 is 0 Å². The molecule has 5 heteroatoms. The molecule has 4 aromatic rings. The maximum Gasteiger partial charge on any atom is 0.0640 e. The van der Waals surface area contributed by atoms with Crippen molar-refractivity contribution in [3.8, 4) is 0 Å². The van der Waals surface area contributed by atoms with E-state index in [-0.39, 0.29) is 0 Å². The van der Waals surface area contributed by atoms with Crippen molar-refractivity contribution in [3.05, 3.63) is 143 Å². The van der Waals surface area contributed by atoms with E-state index in [1.54, 1.807) is 11.1 Å². The lowest BCUT2D eigenvalue weighted by Crippen LogP contribution is -2.25. The Morgan fingerprint density at radius 2 is 1.41 bits per heavy atom. The number of nitrogens with zero attached hydrogens (tertiary/aromatic N) is 2. The van der Waals surface area contributed by atoms with Crippen LogP contribution in [-0.4, -0.2) is 7.05 Å². The largest absolute Gasteiger partial charge is 0.345 e. The molecule has 0 fully saturated rings. The minimum atomic E-state index is 0.688. The first-order chi connectivity index (χ1) is 17.8. The van der Waals surface area contributed by atoms with Gasteiger partial charge in [0, 0.05) is 34.7 Å². The van der Waals surface area contributed by atoms with Crippen molar-refractivity contribution in [2.24, 2.45) is 5.84 Å². The summed E-state index contributed by atoms with van der Waals surface area (Å²) in [5.41, 5.74) is 8.86. The van der Waals surface area contributed by atoms with Crippen molar-refractivity contribution in [2.45, 2.75) is 6.92 Å². The first-order valence-electron chi connectivity index (χ1n) is 11.8. The van der Waals surface area contributed by atoms with Crippen LogP contribution in [0, 0.1) is 0 Å². The molecule has 186 valence electrons. The zero-order chi connectivity index (χ0) is 26.5. The molecule has 0 aliphatic rings. The fourth-order valence-electron chi connectivity index (χ4n) is 4.09. The third-order valence-electron chi connectivity index (χ3n) is 6.30. The number of rotatable bonds is 8. The molecule has 0 amide bonds. The lowest BCUT2D eigenvalue weighted by Gasteiger charge is -2.21. The normalized spacial score (nSPS) is 11.2. The van der Waals surface area contributed by atoms with Gasteiger partial charge in [0.05, 0.1) is 5.69 Å². The summed E-state index contributed by atoms with van der Waals surface area (Å²) < 4.78 is 0. The van der Waals surface area contributed by atoms with E-state index < -0.39 is 0 Å². The van der Waals surface area contributed by atoms with Crippen LogP contribution in [0.2, 0.25) is 10.0 Å². The molecule has 0 saturated carbocycles. The van der Waals surface area contributed by atoms with Gasteiger partial charge < -0.3 is 4.90 Å². The molecule has 0 spiro atoms. The first-order valence-corrected chi connectivity index (χ1v) is 12.6. The van der Waals surface area contributed by atoms with Crippen LogP contribution < -0.4 is 15.8 Å². The molecule has 0 bridgehead atoms. The molecule has 0 aliphatic heterocycles. The van der Waals surface area contributed by atoms with Crippen LogP contribution in [0.1, 0.15) is 29.2 Å². The van der Waals surface area contributed by atoms with Gasteiger partial charge in [-0.05, 0) is 101 Å². The summed E-state index contributed by atoms with van der Waals surface area (Å²) in [6, 6.07) is 29.9. The van der Waals surface area contributed by atoms with Gasteiger partial charge in [0.1, 0.15) is 0 Å². The summed E-state index contributed by atoms with van der Waals surface area (Å²) in [6.07, 6.45) is 3.69. The number of halogens is 2. The Hall–Kier alpha value is -3.76. The Balaban J connectivity index is 1.54. The minimum absolute atomic E-state index is 0.688. The fourth-order valence-corrected chi connectivity index (χ4v) is 4.41. The number of anilines is 3. The number of hydrazine groups is 1. The van der Waals surface area contributed by atoms with E-state index in [0.29, 0.717) is 5.02 Å². The SMILES string of the molecule is C=Cc1cc(C(=C)c2ccc(N(C)c3ccc(Cl)cc3)cc2)ccc1N(N)/C=C(\C)c1cccc(Cl)c1. The summed E-state index contributed by atoms with van der Waals surface area (Å²) in [5, 5.41) is 3.02. The molecule has 0 aromatic heterocycles. The zero-order valence-electron chi connectivity index (χ0n) is 21.0. The molecular weight excluding hydrogens is 497 g/mol. The molecule has 2 N–H and O–H groups in total. The summed E-state index contributed by atoms with van der Waals surface area (Å²) >= 11 is 12.2.